The zero-order valence-corrected chi connectivity index (χ0v) is 18.3. The third kappa shape index (κ3) is 3.77. The number of thiazole rings is 1. The molecule has 1 heterocycles. The molecule has 6 nitrogen and oxygen atoms in total. The highest BCUT2D eigenvalue weighted by Crippen LogP contribution is 2.30. The summed E-state index contributed by atoms with van der Waals surface area (Å²) in [5.41, 5.74) is 1.14. The van der Waals surface area contributed by atoms with Crippen molar-refractivity contribution in [1.82, 2.24) is 14.2 Å². The van der Waals surface area contributed by atoms with Crippen LogP contribution in [0.2, 0.25) is 5.02 Å². The van der Waals surface area contributed by atoms with E-state index in [1.807, 2.05) is 31.2 Å². The Labute approximate surface area is 173 Å². The smallest absolute Gasteiger partial charge is 0.254 e. The number of carbonyl (C=O) groups excluding carboxylic acids is 1. The summed E-state index contributed by atoms with van der Waals surface area (Å²) in [6.45, 7) is 1.89. The van der Waals surface area contributed by atoms with Crippen LogP contribution in [0.5, 0.6) is 0 Å². The van der Waals surface area contributed by atoms with Gasteiger partial charge in [-0.05, 0) is 37.3 Å². The molecule has 148 valence electrons. The SMILES string of the molecule is CC(c1nc2ccccc2s1)N(C)C(=O)c1ccc(Cl)c(S(=O)(=O)N(C)C)c1. The topological polar surface area (TPSA) is 70.6 Å². The molecule has 0 fully saturated rings. The van der Waals surface area contributed by atoms with E-state index >= 15 is 0 Å². The summed E-state index contributed by atoms with van der Waals surface area (Å²) in [5.74, 6) is -0.307. The van der Waals surface area contributed by atoms with Gasteiger partial charge in [0.1, 0.15) is 9.90 Å². The van der Waals surface area contributed by atoms with Gasteiger partial charge in [-0.15, -0.1) is 11.3 Å². The number of rotatable bonds is 5. The molecule has 3 rings (SSSR count). The molecule has 28 heavy (non-hydrogen) atoms. The van der Waals surface area contributed by atoms with E-state index in [-0.39, 0.29) is 27.4 Å². The van der Waals surface area contributed by atoms with Crippen molar-refractivity contribution >= 4 is 49.1 Å². The van der Waals surface area contributed by atoms with Gasteiger partial charge in [0.25, 0.3) is 5.91 Å². The number of hydrogen-bond acceptors (Lipinski definition) is 5. The molecule has 1 unspecified atom stereocenters. The highest BCUT2D eigenvalue weighted by atomic mass is 35.5. The first-order chi connectivity index (χ1) is 13.1. The lowest BCUT2D eigenvalue weighted by molar-refractivity contribution is 0.0742. The molecule has 1 atom stereocenters. The maximum Gasteiger partial charge on any atom is 0.254 e. The number of nitrogens with zero attached hydrogens (tertiary/aromatic N) is 3. The van der Waals surface area contributed by atoms with Crippen molar-refractivity contribution in [3.63, 3.8) is 0 Å². The van der Waals surface area contributed by atoms with Crippen LogP contribution in [-0.2, 0) is 10.0 Å². The molecule has 0 aliphatic heterocycles. The number of halogens is 1. The van der Waals surface area contributed by atoms with Crippen molar-refractivity contribution < 1.29 is 13.2 Å². The quantitative estimate of drug-likeness (QED) is 0.604. The molecule has 0 aliphatic carbocycles. The number of sulfonamides is 1. The maximum atomic E-state index is 13.0. The Bertz CT molecular complexity index is 1110. The normalized spacial score (nSPS) is 13.1. The number of amides is 1. The van der Waals surface area contributed by atoms with Crippen LogP contribution in [0.3, 0.4) is 0 Å². The van der Waals surface area contributed by atoms with E-state index in [0.29, 0.717) is 0 Å². The lowest BCUT2D eigenvalue weighted by atomic mass is 10.2. The molecule has 0 saturated carbocycles. The summed E-state index contributed by atoms with van der Waals surface area (Å²) in [6.07, 6.45) is 0. The Morgan fingerprint density at radius 3 is 2.46 bits per heavy atom. The van der Waals surface area contributed by atoms with Crippen LogP contribution < -0.4 is 0 Å². The van der Waals surface area contributed by atoms with E-state index in [1.54, 1.807) is 11.9 Å². The number of aromatic nitrogens is 1. The minimum Gasteiger partial charge on any atom is -0.333 e. The Kier molecular flexibility index (Phi) is 5.77. The predicted molar refractivity (Wildman–Crippen MR) is 112 cm³/mol. The predicted octanol–water partition coefficient (Wildman–Crippen LogP) is 4.03. The van der Waals surface area contributed by atoms with Crippen LogP contribution in [0.15, 0.2) is 47.4 Å². The van der Waals surface area contributed by atoms with Crippen molar-refractivity contribution in [3.8, 4) is 0 Å². The van der Waals surface area contributed by atoms with Crippen molar-refractivity contribution in [2.75, 3.05) is 21.1 Å². The summed E-state index contributed by atoms with van der Waals surface area (Å²) in [5, 5.41) is 0.888. The molecule has 0 radical (unpaired) electrons. The van der Waals surface area contributed by atoms with Crippen molar-refractivity contribution in [2.45, 2.75) is 17.9 Å². The zero-order valence-electron chi connectivity index (χ0n) is 15.9. The van der Waals surface area contributed by atoms with Crippen LogP contribution >= 0.6 is 22.9 Å². The highest BCUT2D eigenvalue weighted by Gasteiger charge is 2.26. The van der Waals surface area contributed by atoms with E-state index in [9.17, 15) is 13.2 Å². The van der Waals surface area contributed by atoms with Gasteiger partial charge in [0.05, 0.1) is 21.3 Å². The number of hydrogen-bond donors (Lipinski definition) is 0. The van der Waals surface area contributed by atoms with Gasteiger partial charge in [0, 0.05) is 26.7 Å². The number of carbonyl (C=O) groups is 1. The van der Waals surface area contributed by atoms with Gasteiger partial charge in [0.15, 0.2) is 0 Å². The fourth-order valence-corrected chi connectivity index (χ4v) is 5.10. The third-order valence-electron chi connectivity index (χ3n) is 4.51. The fourth-order valence-electron chi connectivity index (χ4n) is 2.64. The molecule has 1 aromatic heterocycles. The van der Waals surface area contributed by atoms with Gasteiger partial charge in [0.2, 0.25) is 10.0 Å². The van der Waals surface area contributed by atoms with E-state index in [2.05, 4.69) is 4.98 Å². The second-order valence-electron chi connectivity index (χ2n) is 6.54. The van der Waals surface area contributed by atoms with Gasteiger partial charge in [-0.2, -0.15) is 0 Å². The Balaban J connectivity index is 1.92. The van der Waals surface area contributed by atoms with E-state index < -0.39 is 10.0 Å². The molecule has 0 spiro atoms. The lowest BCUT2D eigenvalue weighted by Crippen LogP contribution is -2.30. The monoisotopic (exact) mass is 437 g/mol. The van der Waals surface area contributed by atoms with E-state index in [4.69, 9.17) is 11.6 Å². The number of fused-ring (bicyclic) bond motifs is 1. The second-order valence-corrected chi connectivity index (χ2v) is 10.1. The summed E-state index contributed by atoms with van der Waals surface area (Å²) in [6, 6.07) is 11.8. The summed E-state index contributed by atoms with van der Waals surface area (Å²) >= 11 is 7.60. The zero-order chi connectivity index (χ0) is 20.6. The molecule has 0 aliphatic rings. The largest absolute Gasteiger partial charge is 0.333 e. The van der Waals surface area contributed by atoms with Crippen molar-refractivity contribution in [1.29, 1.82) is 0 Å². The van der Waals surface area contributed by atoms with Crippen LogP contribution in [0, 0.1) is 0 Å². The molecular formula is C19H20ClN3O3S2. The first kappa shape index (κ1) is 20.7. The van der Waals surface area contributed by atoms with Gasteiger partial charge in [-0.1, -0.05) is 23.7 Å². The Morgan fingerprint density at radius 2 is 1.82 bits per heavy atom. The van der Waals surface area contributed by atoms with Crippen LogP contribution in [0.4, 0.5) is 0 Å². The first-order valence-electron chi connectivity index (χ1n) is 8.47. The fraction of sp³-hybridized carbons (Fsp3) is 0.263. The van der Waals surface area contributed by atoms with Crippen LogP contribution in [-0.4, -0.2) is 49.7 Å². The minimum absolute atomic E-state index is 0.0760. The third-order valence-corrected chi connectivity index (χ3v) is 8.01. The van der Waals surface area contributed by atoms with Crippen molar-refractivity contribution in [3.05, 3.63) is 58.1 Å². The maximum absolute atomic E-state index is 13.0. The molecule has 0 bridgehead atoms. The second kappa shape index (κ2) is 7.79. The molecule has 9 heteroatoms. The average Bonchev–Trinajstić information content (AvgIpc) is 3.10. The molecular weight excluding hydrogens is 418 g/mol. The van der Waals surface area contributed by atoms with E-state index in [1.165, 1.54) is 43.6 Å². The minimum atomic E-state index is -3.76. The first-order valence-corrected chi connectivity index (χ1v) is 11.1. The van der Waals surface area contributed by atoms with Crippen LogP contribution in [0.25, 0.3) is 10.2 Å². The van der Waals surface area contributed by atoms with Gasteiger partial charge >= 0.3 is 0 Å². The Morgan fingerprint density at radius 1 is 1.14 bits per heavy atom. The molecule has 2 aromatic carbocycles. The van der Waals surface area contributed by atoms with Gasteiger partial charge < -0.3 is 4.90 Å². The van der Waals surface area contributed by atoms with Gasteiger partial charge in [-0.3, -0.25) is 4.79 Å². The number of para-hydroxylation sites is 1. The summed E-state index contributed by atoms with van der Waals surface area (Å²) < 4.78 is 27.0. The standard InChI is InChI=1S/C19H20ClN3O3S2/c1-12(18-21-15-7-5-6-8-16(15)27-18)23(4)19(24)13-9-10-14(20)17(11-13)28(25,26)22(2)3/h5-12H,1-4H3. The average molecular weight is 438 g/mol. The molecule has 0 N–H and O–H groups in total. The summed E-state index contributed by atoms with van der Waals surface area (Å²) in [4.78, 5) is 19.0. The van der Waals surface area contributed by atoms with Crippen LogP contribution in [0.1, 0.15) is 28.3 Å². The van der Waals surface area contributed by atoms with Gasteiger partial charge in [-0.25, -0.2) is 17.7 Å². The molecule has 1 amide bonds. The molecule has 3 aromatic rings. The van der Waals surface area contributed by atoms with Crippen molar-refractivity contribution in [2.24, 2.45) is 0 Å². The number of benzene rings is 2. The highest BCUT2D eigenvalue weighted by molar-refractivity contribution is 7.89. The summed E-state index contributed by atoms with van der Waals surface area (Å²) in [7, 11) is 0.752. The lowest BCUT2D eigenvalue weighted by Gasteiger charge is -2.24. The molecule has 0 saturated heterocycles. The van der Waals surface area contributed by atoms with E-state index in [0.717, 1.165) is 19.5 Å². The Hall–Kier alpha value is -2.00.